The lowest BCUT2D eigenvalue weighted by Gasteiger charge is -2.06. The zero-order chi connectivity index (χ0) is 11.6. The molecular formula is C8H9BN2O4. The van der Waals surface area contributed by atoms with E-state index in [1.807, 2.05) is 0 Å². The smallest absolute Gasteiger partial charge is 0.423 e. The molecule has 6 N–H and O–H groups in total. The molecular weight excluding hydrogens is 199 g/mol. The van der Waals surface area contributed by atoms with E-state index in [0.29, 0.717) is 0 Å². The Morgan fingerprint density at radius 2 is 1.73 bits per heavy atom. The average molecular weight is 208 g/mol. The van der Waals surface area contributed by atoms with Crippen molar-refractivity contribution in [2.75, 3.05) is 0 Å². The Kier molecular flexibility index (Phi) is 3.08. The molecule has 1 aromatic carbocycles. The summed E-state index contributed by atoms with van der Waals surface area (Å²) in [7, 11) is -1.88. The molecule has 0 spiro atoms. The third kappa shape index (κ3) is 2.33. The van der Waals surface area contributed by atoms with Crippen LogP contribution in [0.2, 0.25) is 0 Å². The van der Waals surface area contributed by atoms with Gasteiger partial charge in [0.15, 0.2) is 0 Å². The van der Waals surface area contributed by atoms with Crippen molar-refractivity contribution in [2.45, 2.75) is 0 Å². The summed E-state index contributed by atoms with van der Waals surface area (Å²) in [5.41, 5.74) is 9.86. The monoisotopic (exact) mass is 208 g/mol. The Balaban J connectivity index is 3.33. The lowest BCUT2D eigenvalue weighted by molar-refractivity contribution is 0.0989. The van der Waals surface area contributed by atoms with Gasteiger partial charge in [-0.3, -0.25) is 9.59 Å². The Hall–Kier alpha value is -1.86. The van der Waals surface area contributed by atoms with Crippen LogP contribution in [-0.4, -0.2) is 29.0 Å². The molecule has 0 bridgehead atoms. The quantitative estimate of drug-likeness (QED) is 0.411. The number of hydrogen-bond acceptors (Lipinski definition) is 4. The van der Waals surface area contributed by atoms with Gasteiger partial charge in [-0.1, -0.05) is 0 Å². The minimum atomic E-state index is -1.88. The molecule has 0 aliphatic rings. The Morgan fingerprint density at radius 1 is 1.13 bits per heavy atom. The topological polar surface area (TPSA) is 127 Å². The third-order valence-corrected chi connectivity index (χ3v) is 1.88. The fourth-order valence-corrected chi connectivity index (χ4v) is 1.15. The van der Waals surface area contributed by atoms with Crippen molar-refractivity contribution in [2.24, 2.45) is 11.5 Å². The predicted molar refractivity (Wildman–Crippen MR) is 53.3 cm³/mol. The van der Waals surface area contributed by atoms with Crippen molar-refractivity contribution < 1.29 is 19.6 Å². The van der Waals surface area contributed by atoms with Gasteiger partial charge < -0.3 is 21.5 Å². The summed E-state index contributed by atoms with van der Waals surface area (Å²) in [6, 6.07) is 3.62. The van der Waals surface area contributed by atoms with Crippen LogP contribution in [0.25, 0.3) is 0 Å². The van der Waals surface area contributed by atoms with Crippen LogP contribution >= 0.6 is 0 Å². The van der Waals surface area contributed by atoms with Crippen LogP contribution in [-0.2, 0) is 0 Å². The molecule has 7 heteroatoms. The standard InChI is InChI=1S/C8H9BN2O4/c10-7(12)4-1-2-5(8(11)13)6(3-4)9(14)15/h1-3,14-15H,(H2,10,12)(H2,11,13). The lowest BCUT2D eigenvalue weighted by atomic mass is 9.76. The summed E-state index contributed by atoms with van der Waals surface area (Å²) >= 11 is 0. The molecule has 6 nitrogen and oxygen atoms in total. The van der Waals surface area contributed by atoms with Gasteiger partial charge in [0.05, 0.1) is 0 Å². The van der Waals surface area contributed by atoms with Crippen LogP contribution in [0, 0.1) is 0 Å². The number of primary amides is 2. The van der Waals surface area contributed by atoms with E-state index in [2.05, 4.69) is 0 Å². The summed E-state index contributed by atoms with van der Waals surface area (Å²) in [6.45, 7) is 0. The van der Waals surface area contributed by atoms with Crippen LogP contribution in [0.4, 0.5) is 0 Å². The van der Waals surface area contributed by atoms with Gasteiger partial charge in [-0.2, -0.15) is 0 Å². The van der Waals surface area contributed by atoms with Gasteiger partial charge in [0, 0.05) is 11.1 Å². The molecule has 78 valence electrons. The first-order chi connectivity index (χ1) is 6.93. The Bertz CT molecular complexity index is 419. The molecule has 2 amide bonds. The molecule has 0 aliphatic carbocycles. The van der Waals surface area contributed by atoms with E-state index in [9.17, 15) is 9.59 Å². The largest absolute Gasteiger partial charge is 0.489 e. The van der Waals surface area contributed by atoms with Gasteiger partial charge >= 0.3 is 7.12 Å². The molecule has 1 aromatic rings. The summed E-state index contributed by atoms with van der Waals surface area (Å²) in [6.07, 6.45) is 0. The third-order valence-electron chi connectivity index (χ3n) is 1.88. The van der Waals surface area contributed by atoms with Crippen molar-refractivity contribution in [1.82, 2.24) is 0 Å². The van der Waals surface area contributed by atoms with E-state index in [1.54, 1.807) is 0 Å². The molecule has 0 unspecified atom stereocenters. The minimum Gasteiger partial charge on any atom is -0.423 e. The van der Waals surface area contributed by atoms with Gasteiger partial charge in [-0.15, -0.1) is 0 Å². The fraction of sp³-hybridized carbons (Fsp3) is 0. The number of nitrogens with two attached hydrogens (primary N) is 2. The number of rotatable bonds is 3. The first kappa shape index (κ1) is 11.2. The maximum absolute atomic E-state index is 10.9. The summed E-state index contributed by atoms with van der Waals surface area (Å²) < 4.78 is 0. The molecule has 0 aromatic heterocycles. The lowest BCUT2D eigenvalue weighted by Crippen LogP contribution is -2.37. The van der Waals surface area contributed by atoms with Crippen LogP contribution < -0.4 is 16.9 Å². The summed E-state index contributed by atoms with van der Waals surface area (Å²) in [4.78, 5) is 21.7. The molecule has 1 rings (SSSR count). The van der Waals surface area contributed by atoms with E-state index in [0.717, 1.165) is 6.07 Å². The normalized spacial score (nSPS) is 9.73. The molecule has 0 saturated carbocycles. The SMILES string of the molecule is NC(=O)c1ccc(C(N)=O)c(B(O)O)c1. The maximum atomic E-state index is 10.9. The van der Waals surface area contributed by atoms with Gasteiger partial charge in [0.2, 0.25) is 11.8 Å². The Labute approximate surface area is 85.6 Å². The van der Waals surface area contributed by atoms with Crippen LogP contribution in [0.3, 0.4) is 0 Å². The van der Waals surface area contributed by atoms with Crippen molar-refractivity contribution in [3.63, 3.8) is 0 Å². The number of carbonyl (C=O) groups excluding carboxylic acids is 2. The molecule has 0 fully saturated rings. The van der Waals surface area contributed by atoms with Crippen LogP contribution in [0.1, 0.15) is 20.7 Å². The summed E-state index contributed by atoms with van der Waals surface area (Å²) in [5, 5.41) is 17.9. The second-order valence-corrected chi connectivity index (χ2v) is 2.90. The zero-order valence-electron chi connectivity index (χ0n) is 7.68. The van der Waals surface area contributed by atoms with Crippen molar-refractivity contribution in [1.29, 1.82) is 0 Å². The maximum Gasteiger partial charge on any atom is 0.489 e. The number of benzene rings is 1. The Morgan fingerprint density at radius 3 is 2.13 bits per heavy atom. The summed E-state index contributed by atoms with van der Waals surface area (Å²) in [5.74, 6) is -1.54. The van der Waals surface area contributed by atoms with Gasteiger partial charge in [-0.25, -0.2) is 0 Å². The first-order valence-electron chi connectivity index (χ1n) is 4.03. The van der Waals surface area contributed by atoms with Crippen molar-refractivity contribution >= 4 is 24.4 Å². The van der Waals surface area contributed by atoms with Crippen LogP contribution in [0.15, 0.2) is 18.2 Å². The molecule has 15 heavy (non-hydrogen) atoms. The highest BCUT2D eigenvalue weighted by atomic mass is 16.4. The van der Waals surface area contributed by atoms with Gasteiger partial charge in [0.25, 0.3) is 0 Å². The fourth-order valence-electron chi connectivity index (χ4n) is 1.15. The zero-order valence-corrected chi connectivity index (χ0v) is 7.68. The van der Waals surface area contributed by atoms with Crippen LogP contribution in [0.5, 0.6) is 0 Å². The molecule has 0 atom stereocenters. The highest BCUT2D eigenvalue weighted by Gasteiger charge is 2.20. The van der Waals surface area contributed by atoms with Crippen molar-refractivity contribution in [3.05, 3.63) is 29.3 Å². The number of hydrogen-bond donors (Lipinski definition) is 4. The number of amides is 2. The average Bonchev–Trinajstić information content (AvgIpc) is 2.16. The first-order valence-corrected chi connectivity index (χ1v) is 4.03. The van der Waals surface area contributed by atoms with E-state index < -0.39 is 18.9 Å². The van der Waals surface area contributed by atoms with E-state index in [1.165, 1.54) is 12.1 Å². The molecule has 0 aliphatic heterocycles. The second-order valence-electron chi connectivity index (χ2n) is 2.90. The highest BCUT2D eigenvalue weighted by molar-refractivity contribution is 6.60. The predicted octanol–water partition coefficient (Wildman–Crippen LogP) is -2.44. The number of carbonyl (C=O) groups is 2. The van der Waals surface area contributed by atoms with Crippen molar-refractivity contribution in [3.8, 4) is 0 Å². The minimum absolute atomic E-state index is 0.0602. The van der Waals surface area contributed by atoms with E-state index in [-0.39, 0.29) is 16.6 Å². The van der Waals surface area contributed by atoms with E-state index >= 15 is 0 Å². The molecule has 0 radical (unpaired) electrons. The van der Waals surface area contributed by atoms with E-state index in [4.69, 9.17) is 21.5 Å². The van der Waals surface area contributed by atoms with Gasteiger partial charge in [-0.05, 0) is 23.7 Å². The molecule has 0 heterocycles. The highest BCUT2D eigenvalue weighted by Crippen LogP contribution is 2.01. The molecule has 0 saturated heterocycles. The second kappa shape index (κ2) is 4.12. The van der Waals surface area contributed by atoms with Gasteiger partial charge in [0.1, 0.15) is 0 Å².